The van der Waals surface area contributed by atoms with Gasteiger partial charge in [0.05, 0.1) is 22.0 Å². The molecule has 10 heteroatoms. The average molecular weight is 582 g/mol. The lowest BCUT2D eigenvalue weighted by atomic mass is 10.0. The summed E-state index contributed by atoms with van der Waals surface area (Å²) >= 11 is 1.04. The first-order valence-electron chi connectivity index (χ1n) is 13.5. The fourth-order valence-corrected chi connectivity index (χ4v) is 4.64. The van der Waals surface area contributed by atoms with Crippen molar-refractivity contribution in [2.24, 2.45) is 0 Å². The molecule has 0 fully saturated rings. The van der Waals surface area contributed by atoms with Crippen LogP contribution in [0.2, 0.25) is 0 Å². The van der Waals surface area contributed by atoms with Gasteiger partial charge in [-0.15, -0.1) is 0 Å². The molecule has 0 spiro atoms. The van der Waals surface area contributed by atoms with Gasteiger partial charge in [0, 0.05) is 6.20 Å². The summed E-state index contributed by atoms with van der Waals surface area (Å²) in [5.41, 5.74) is 6.05. The van der Waals surface area contributed by atoms with Gasteiger partial charge < -0.3 is 4.90 Å². The second-order valence-corrected chi connectivity index (χ2v) is 12.7. The predicted molar refractivity (Wildman–Crippen MR) is 158 cm³/mol. The zero-order valence-corrected chi connectivity index (χ0v) is 25.2. The average Bonchev–Trinajstić information content (AvgIpc) is 3.42. The van der Waals surface area contributed by atoms with E-state index in [2.05, 4.69) is 11.0 Å². The third kappa shape index (κ3) is 10.3. The van der Waals surface area contributed by atoms with Crippen LogP contribution in [0.4, 0.5) is 0 Å². The summed E-state index contributed by atoms with van der Waals surface area (Å²) in [6.07, 6.45) is 1.75. The van der Waals surface area contributed by atoms with Gasteiger partial charge >= 0.3 is 0 Å². The molecule has 1 heterocycles. The third-order valence-corrected chi connectivity index (χ3v) is 6.77. The highest BCUT2D eigenvalue weighted by atomic mass is 32.2. The number of rotatable bonds is 13. The maximum atomic E-state index is 13.3. The van der Waals surface area contributed by atoms with Crippen molar-refractivity contribution in [2.45, 2.75) is 77.7 Å². The van der Waals surface area contributed by atoms with Gasteiger partial charge in [0.25, 0.3) is 5.91 Å². The van der Waals surface area contributed by atoms with Crippen LogP contribution in [0.3, 0.4) is 0 Å². The molecule has 220 valence electrons. The van der Waals surface area contributed by atoms with Crippen molar-refractivity contribution in [1.29, 1.82) is 0 Å². The van der Waals surface area contributed by atoms with Crippen LogP contribution in [0.25, 0.3) is 0 Å². The molecule has 0 saturated heterocycles. The molecule has 2 aromatic rings. The van der Waals surface area contributed by atoms with Gasteiger partial charge in [0.15, 0.2) is 0 Å². The number of nitrogens with zero attached hydrogens (tertiary/aromatic N) is 1. The molecule has 0 aliphatic carbocycles. The molecule has 2 atom stereocenters. The zero-order chi connectivity index (χ0) is 30.2. The van der Waals surface area contributed by atoms with E-state index >= 15 is 0 Å². The number of ketones is 3. The quantitative estimate of drug-likeness (QED) is 0.268. The molecule has 3 rings (SSSR count). The summed E-state index contributed by atoms with van der Waals surface area (Å²) in [6.45, 7) is 11.0. The zero-order valence-electron chi connectivity index (χ0n) is 24.4. The van der Waals surface area contributed by atoms with Gasteiger partial charge in [-0.2, -0.15) is 11.0 Å². The van der Waals surface area contributed by atoms with Crippen LogP contribution in [-0.2, 0) is 41.7 Å². The molecule has 1 amide bonds. The van der Waals surface area contributed by atoms with E-state index in [1.807, 2.05) is 102 Å². The van der Waals surface area contributed by atoms with E-state index in [9.17, 15) is 19.2 Å². The number of hydrogen-bond donors (Lipinski definition) is 2. The van der Waals surface area contributed by atoms with Crippen LogP contribution in [0.1, 0.15) is 52.7 Å². The Morgan fingerprint density at radius 1 is 0.756 bits per heavy atom. The van der Waals surface area contributed by atoms with Gasteiger partial charge in [-0.25, -0.2) is 0 Å². The number of carbonyl (C=O) groups excluding carboxylic acids is 4. The summed E-state index contributed by atoms with van der Waals surface area (Å²) in [7, 11) is 0. The maximum Gasteiger partial charge on any atom is 0.296 e. The third-order valence-electron chi connectivity index (χ3n) is 5.76. The minimum Gasteiger partial charge on any atom is -0.301 e. The molecule has 0 bridgehead atoms. The minimum absolute atomic E-state index is 0.0341. The number of Topliss-reactive ketones (excluding diaryl/α,β-unsaturated/α-hetero) is 3. The summed E-state index contributed by atoms with van der Waals surface area (Å²) < 4.78 is 0. The Hall–Kier alpha value is -3.15. The normalized spacial score (nSPS) is 15.3. The molecular weight excluding hydrogens is 542 g/mol. The van der Waals surface area contributed by atoms with E-state index in [0.29, 0.717) is 0 Å². The van der Waals surface area contributed by atoms with Crippen molar-refractivity contribution in [3.05, 3.63) is 82.9 Å². The number of allylic oxidation sites excluding steroid dienone is 1. The Bertz CT molecular complexity index is 1250. The van der Waals surface area contributed by atoms with E-state index < -0.39 is 46.5 Å². The number of carbonyl (C=O) groups is 4. The Morgan fingerprint density at radius 3 is 1.63 bits per heavy atom. The van der Waals surface area contributed by atoms with Crippen LogP contribution < -0.4 is 11.0 Å². The topological polar surface area (TPSA) is 114 Å². The van der Waals surface area contributed by atoms with Crippen LogP contribution in [0.15, 0.2) is 71.8 Å². The fourth-order valence-electron chi connectivity index (χ4n) is 3.74. The number of benzene rings is 2. The lowest BCUT2D eigenvalue weighted by Crippen LogP contribution is -2.48. The van der Waals surface area contributed by atoms with Crippen LogP contribution in [-0.4, -0.2) is 57.3 Å². The molecule has 1 aliphatic rings. The van der Waals surface area contributed by atoms with Crippen molar-refractivity contribution in [2.75, 3.05) is 5.88 Å². The first-order valence-corrected chi connectivity index (χ1v) is 14.4. The van der Waals surface area contributed by atoms with Crippen molar-refractivity contribution in [3.63, 3.8) is 0 Å². The van der Waals surface area contributed by atoms with Crippen LogP contribution in [0, 0.1) is 0 Å². The molecule has 1 aliphatic heterocycles. The van der Waals surface area contributed by atoms with E-state index in [0.717, 1.165) is 27.8 Å². The van der Waals surface area contributed by atoms with E-state index in [1.54, 1.807) is 0 Å². The molecule has 2 N–H and O–H groups in total. The van der Waals surface area contributed by atoms with Gasteiger partial charge in [-0.3, -0.25) is 28.9 Å². The summed E-state index contributed by atoms with van der Waals surface area (Å²) in [4.78, 5) is 65.6. The fraction of sp³-hybridized carbons (Fsp3) is 0.419. The monoisotopic (exact) mass is 581 g/mol. The van der Waals surface area contributed by atoms with Crippen LogP contribution >= 0.6 is 11.8 Å². The second-order valence-electron chi connectivity index (χ2n) is 11.7. The van der Waals surface area contributed by atoms with E-state index in [1.165, 1.54) is 6.20 Å². The predicted octanol–water partition coefficient (Wildman–Crippen LogP) is 3.93. The largest absolute Gasteiger partial charge is 0.301 e. The molecular formula is C31H39N3O6S. The first-order chi connectivity index (χ1) is 19.2. The molecule has 0 saturated carbocycles. The van der Waals surface area contributed by atoms with Crippen molar-refractivity contribution in [1.82, 2.24) is 15.9 Å². The number of hydrogen-bond acceptors (Lipinski definition) is 9. The standard InChI is InChI=1S/C31H39N3O6S/c1-30(2,3)39-32-23(17-21-13-9-7-10-14-21)26(35)28(37)25-19-34(20-41-25)29(38)27(36)24(33-40-31(4,5)6)18-22-15-11-8-12-16-22/h7-16,19,23-24,32-33H,17-18,20H2,1-6H3/t23-,24-/m0/s1. The van der Waals surface area contributed by atoms with E-state index in [4.69, 9.17) is 9.68 Å². The van der Waals surface area contributed by atoms with Gasteiger partial charge in [-0.1, -0.05) is 72.4 Å². The maximum absolute atomic E-state index is 13.3. The SMILES string of the molecule is CC(C)(C)ON[C@@H](Cc1ccccc1)C(=O)C(=O)C1=CN(C(=O)C(=O)[C@H](Cc2ccccc2)NOC(C)(C)C)CS1. The smallest absolute Gasteiger partial charge is 0.296 e. The lowest BCUT2D eigenvalue weighted by Gasteiger charge is -2.25. The minimum atomic E-state index is -0.946. The summed E-state index contributed by atoms with van der Waals surface area (Å²) in [6, 6.07) is 16.7. The second kappa shape index (κ2) is 14.2. The Morgan fingerprint density at radius 2 is 1.20 bits per heavy atom. The van der Waals surface area contributed by atoms with Crippen molar-refractivity contribution >= 4 is 35.0 Å². The van der Waals surface area contributed by atoms with Crippen molar-refractivity contribution in [3.8, 4) is 0 Å². The summed E-state index contributed by atoms with van der Waals surface area (Å²) in [5.74, 6) is -2.92. The highest BCUT2D eigenvalue weighted by Gasteiger charge is 2.36. The lowest BCUT2D eigenvalue weighted by molar-refractivity contribution is -0.149. The van der Waals surface area contributed by atoms with Gasteiger partial charge in [-0.05, 0) is 65.5 Å². The first kappa shape index (κ1) is 32.4. The highest BCUT2D eigenvalue weighted by Crippen LogP contribution is 2.28. The molecule has 41 heavy (non-hydrogen) atoms. The number of hydroxylamine groups is 2. The molecule has 0 unspecified atom stereocenters. The Kier molecular flexibility index (Phi) is 11.2. The van der Waals surface area contributed by atoms with Gasteiger partial charge in [0.1, 0.15) is 12.1 Å². The molecule has 9 nitrogen and oxygen atoms in total. The Balaban J connectivity index is 1.74. The Labute approximate surface area is 245 Å². The molecule has 0 radical (unpaired) electrons. The number of amides is 1. The number of thioether (sulfide) groups is 1. The summed E-state index contributed by atoms with van der Waals surface area (Å²) in [5, 5.41) is 0. The van der Waals surface area contributed by atoms with E-state index in [-0.39, 0.29) is 23.6 Å². The highest BCUT2D eigenvalue weighted by molar-refractivity contribution is 8.04. The number of nitrogens with one attached hydrogen (secondary N) is 2. The molecule has 2 aromatic carbocycles. The van der Waals surface area contributed by atoms with Gasteiger partial charge in [0.2, 0.25) is 17.3 Å². The molecule has 0 aromatic heterocycles. The van der Waals surface area contributed by atoms with Crippen molar-refractivity contribution < 1.29 is 28.9 Å². The van der Waals surface area contributed by atoms with Crippen LogP contribution in [0.5, 0.6) is 0 Å².